The van der Waals surface area contributed by atoms with Crippen molar-refractivity contribution in [3.63, 3.8) is 0 Å². The number of H-pyrrole nitrogens is 1. The largest absolute Gasteiger partial charge is 0.480 e. The second-order valence-corrected chi connectivity index (χ2v) is 6.86. The van der Waals surface area contributed by atoms with Crippen LogP contribution in [0.25, 0.3) is 5.69 Å². The van der Waals surface area contributed by atoms with E-state index in [-0.39, 0.29) is 11.6 Å². The molecule has 2 atom stereocenters. The molecule has 8 heteroatoms. The molecule has 3 heterocycles. The Labute approximate surface area is 151 Å². The highest BCUT2D eigenvalue weighted by Gasteiger charge is 2.34. The summed E-state index contributed by atoms with van der Waals surface area (Å²) in [4.78, 5) is 27.6. The number of nitrogens with zero attached hydrogens (tertiary/aromatic N) is 3. The third-order valence-electron chi connectivity index (χ3n) is 5.29. The first-order chi connectivity index (χ1) is 12.6. The van der Waals surface area contributed by atoms with Gasteiger partial charge in [-0.15, -0.1) is 0 Å². The zero-order chi connectivity index (χ0) is 18.1. The van der Waals surface area contributed by atoms with E-state index in [2.05, 4.69) is 20.2 Å². The van der Waals surface area contributed by atoms with Gasteiger partial charge in [0.25, 0.3) is 5.56 Å². The van der Waals surface area contributed by atoms with Crippen LogP contribution in [0.1, 0.15) is 6.42 Å². The van der Waals surface area contributed by atoms with Crippen LogP contribution < -0.4 is 15.8 Å². The van der Waals surface area contributed by atoms with Crippen molar-refractivity contribution in [2.24, 2.45) is 0 Å². The molecule has 138 valence electrons. The number of anilines is 1. The van der Waals surface area contributed by atoms with Crippen LogP contribution >= 0.6 is 0 Å². The lowest BCUT2D eigenvalue weighted by atomic mass is 10.1. The molecule has 4 rings (SSSR count). The summed E-state index contributed by atoms with van der Waals surface area (Å²) in [5, 5.41) is 15.1. The van der Waals surface area contributed by atoms with E-state index in [1.54, 1.807) is 6.07 Å². The number of para-hydroxylation sites is 1. The summed E-state index contributed by atoms with van der Waals surface area (Å²) in [5.41, 5.74) is 0.812. The monoisotopic (exact) mass is 357 g/mol. The smallest absolute Gasteiger partial charge is 0.320 e. The summed E-state index contributed by atoms with van der Waals surface area (Å²) < 4.78 is 1.83. The van der Waals surface area contributed by atoms with E-state index in [1.165, 1.54) is 0 Å². The number of benzene rings is 1. The third kappa shape index (κ3) is 3.25. The number of rotatable bonds is 4. The summed E-state index contributed by atoms with van der Waals surface area (Å²) in [6.45, 7) is 4.03. The van der Waals surface area contributed by atoms with Crippen molar-refractivity contribution in [1.29, 1.82) is 0 Å². The van der Waals surface area contributed by atoms with Crippen LogP contribution in [0.2, 0.25) is 0 Å². The molecule has 0 bridgehead atoms. The first kappa shape index (κ1) is 16.9. The molecule has 2 saturated heterocycles. The number of piperazine rings is 1. The Kier molecular flexibility index (Phi) is 4.52. The quantitative estimate of drug-likeness (QED) is 0.719. The van der Waals surface area contributed by atoms with Crippen molar-refractivity contribution in [2.45, 2.75) is 18.5 Å². The predicted octanol–water partition coefficient (Wildman–Crippen LogP) is 0.103. The lowest BCUT2D eigenvalue weighted by molar-refractivity contribution is -0.139. The molecule has 3 N–H and O–H groups in total. The van der Waals surface area contributed by atoms with Crippen LogP contribution in [0.4, 0.5) is 5.82 Å². The Morgan fingerprint density at radius 2 is 1.85 bits per heavy atom. The van der Waals surface area contributed by atoms with Crippen molar-refractivity contribution in [3.8, 4) is 5.69 Å². The van der Waals surface area contributed by atoms with Crippen LogP contribution in [0.3, 0.4) is 0 Å². The van der Waals surface area contributed by atoms with E-state index in [4.69, 9.17) is 5.11 Å². The van der Waals surface area contributed by atoms with Gasteiger partial charge in [0.1, 0.15) is 11.9 Å². The first-order valence-corrected chi connectivity index (χ1v) is 8.94. The molecule has 8 nitrogen and oxygen atoms in total. The van der Waals surface area contributed by atoms with Gasteiger partial charge in [-0.25, -0.2) is 4.68 Å². The Hall–Kier alpha value is -2.58. The highest BCUT2D eigenvalue weighted by molar-refractivity contribution is 5.74. The minimum absolute atomic E-state index is 0.115. The molecule has 0 radical (unpaired) electrons. The lowest BCUT2D eigenvalue weighted by Gasteiger charge is -2.38. The van der Waals surface area contributed by atoms with Gasteiger partial charge in [0, 0.05) is 44.8 Å². The number of aromatic nitrogens is 2. The first-order valence-electron chi connectivity index (χ1n) is 8.94. The normalized spacial score (nSPS) is 24.1. The van der Waals surface area contributed by atoms with Crippen molar-refractivity contribution in [2.75, 3.05) is 37.6 Å². The lowest BCUT2D eigenvalue weighted by Crippen LogP contribution is -2.51. The number of carboxylic acids is 1. The number of aliphatic carboxylic acids is 1. The van der Waals surface area contributed by atoms with Gasteiger partial charge in [-0.05, 0) is 18.6 Å². The number of carbonyl (C=O) groups is 1. The summed E-state index contributed by atoms with van der Waals surface area (Å²) in [5.74, 6) is 0.0964. The van der Waals surface area contributed by atoms with Gasteiger partial charge in [-0.2, -0.15) is 0 Å². The van der Waals surface area contributed by atoms with Crippen molar-refractivity contribution < 1.29 is 9.90 Å². The topological polar surface area (TPSA) is 93.6 Å². The highest BCUT2D eigenvalue weighted by Crippen LogP contribution is 2.21. The maximum atomic E-state index is 11.9. The van der Waals surface area contributed by atoms with E-state index >= 15 is 0 Å². The van der Waals surface area contributed by atoms with Gasteiger partial charge in [0.15, 0.2) is 0 Å². The van der Waals surface area contributed by atoms with Crippen LogP contribution in [0.5, 0.6) is 0 Å². The van der Waals surface area contributed by atoms with E-state index < -0.39 is 12.0 Å². The molecule has 0 spiro atoms. The Balaban J connectivity index is 1.45. The minimum atomic E-state index is -0.773. The molecule has 2 unspecified atom stereocenters. The van der Waals surface area contributed by atoms with Gasteiger partial charge in [0.05, 0.1) is 5.69 Å². The number of aromatic amines is 1. The van der Waals surface area contributed by atoms with Crippen LogP contribution in [0, 0.1) is 0 Å². The summed E-state index contributed by atoms with van der Waals surface area (Å²) >= 11 is 0. The fraction of sp³-hybridized carbons (Fsp3) is 0.444. The number of nitrogens with one attached hydrogen (secondary N) is 2. The van der Waals surface area contributed by atoms with E-state index in [0.717, 1.165) is 44.2 Å². The van der Waals surface area contributed by atoms with Crippen molar-refractivity contribution in [3.05, 3.63) is 46.8 Å². The summed E-state index contributed by atoms with van der Waals surface area (Å²) in [7, 11) is 0. The second kappa shape index (κ2) is 6.97. The molecule has 1 aromatic carbocycles. The molecular formula is C18H23N5O3. The molecule has 2 aromatic rings. The number of hydrogen-bond donors (Lipinski definition) is 3. The minimum Gasteiger partial charge on any atom is -0.480 e. The summed E-state index contributed by atoms with van der Waals surface area (Å²) in [6, 6.07) is 11.2. The molecule has 0 aliphatic carbocycles. The van der Waals surface area contributed by atoms with Gasteiger partial charge < -0.3 is 15.3 Å². The van der Waals surface area contributed by atoms with Gasteiger partial charge in [-0.1, -0.05) is 18.2 Å². The standard InChI is InChI=1S/C18H23N5O3/c24-16-11-17(23(20-16)13-4-2-1-3-5-13)22-8-6-21(7-9-22)14-10-15(18(25)26)19-12-14/h1-5,11,14-15,19H,6-10,12H2,(H,20,24)(H,25,26). The number of carboxylic acid groups (broad SMARTS) is 1. The Bertz CT molecular complexity index is 823. The van der Waals surface area contributed by atoms with Crippen molar-refractivity contribution in [1.82, 2.24) is 20.0 Å². The molecule has 0 saturated carbocycles. The van der Waals surface area contributed by atoms with Crippen LogP contribution in [0.15, 0.2) is 41.2 Å². The maximum Gasteiger partial charge on any atom is 0.320 e. The van der Waals surface area contributed by atoms with E-state index in [0.29, 0.717) is 6.42 Å². The van der Waals surface area contributed by atoms with E-state index in [9.17, 15) is 9.59 Å². The molecule has 2 aliphatic rings. The Morgan fingerprint density at radius 1 is 1.12 bits per heavy atom. The fourth-order valence-electron chi connectivity index (χ4n) is 3.89. The third-order valence-corrected chi connectivity index (χ3v) is 5.29. The van der Waals surface area contributed by atoms with Crippen LogP contribution in [-0.4, -0.2) is 70.6 Å². The molecule has 26 heavy (non-hydrogen) atoms. The average Bonchev–Trinajstić information content (AvgIpc) is 3.30. The molecule has 1 aromatic heterocycles. The molecule has 2 aliphatic heterocycles. The van der Waals surface area contributed by atoms with Crippen molar-refractivity contribution >= 4 is 11.8 Å². The van der Waals surface area contributed by atoms with Gasteiger partial charge in [0.2, 0.25) is 0 Å². The SMILES string of the molecule is O=C(O)C1CC(N2CCN(c3cc(=O)[nH]n3-c3ccccc3)CC2)CN1. The van der Waals surface area contributed by atoms with E-state index in [1.807, 2.05) is 35.0 Å². The second-order valence-electron chi connectivity index (χ2n) is 6.86. The fourth-order valence-corrected chi connectivity index (χ4v) is 3.89. The Morgan fingerprint density at radius 3 is 2.50 bits per heavy atom. The predicted molar refractivity (Wildman–Crippen MR) is 98.0 cm³/mol. The molecule has 2 fully saturated rings. The zero-order valence-electron chi connectivity index (χ0n) is 14.5. The number of hydrogen-bond acceptors (Lipinski definition) is 5. The zero-order valence-corrected chi connectivity index (χ0v) is 14.5. The van der Waals surface area contributed by atoms with Gasteiger partial charge >= 0.3 is 5.97 Å². The summed E-state index contributed by atoms with van der Waals surface area (Å²) in [6.07, 6.45) is 0.647. The maximum absolute atomic E-state index is 11.9. The molecule has 0 amide bonds. The highest BCUT2D eigenvalue weighted by atomic mass is 16.4. The molecular weight excluding hydrogens is 334 g/mol. The van der Waals surface area contributed by atoms with Gasteiger partial charge in [-0.3, -0.25) is 19.6 Å². The average molecular weight is 357 g/mol. The van der Waals surface area contributed by atoms with Crippen LogP contribution in [-0.2, 0) is 4.79 Å².